The third-order valence-electron chi connectivity index (χ3n) is 4.61. The lowest BCUT2D eigenvalue weighted by molar-refractivity contribution is -0.136. The molecule has 1 aromatic heterocycles. The minimum atomic E-state index is -4.40. The summed E-state index contributed by atoms with van der Waals surface area (Å²) >= 11 is 0. The molecule has 0 radical (unpaired) electrons. The van der Waals surface area contributed by atoms with Crippen LogP contribution in [0.25, 0.3) is 22.0 Å². The van der Waals surface area contributed by atoms with Crippen LogP contribution in [-0.2, 0) is 6.18 Å². The first-order valence-corrected chi connectivity index (χ1v) is 8.28. The van der Waals surface area contributed by atoms with Crippen LogP contribution < -0.4 is 10.2 Å². The summed E-state index contributed by atoms with van der Waals surface area (Å²) in [5, 5.41) is 3.52. The first kappa shape index (κ1) is 16.0. The van der Waals surface area contributed by atoms with E-state index in [0.29, 0.717) is 11.1 Å². The van der Waals surface area contributed by atoms with Gasteiger partial charge < -0.3 is 15.2 Å². The molecular weight excluding hydrogens is 327 g/mol. The highest BCUT2D eigenvalue weighted by Crippen LogP contribution is 2.44. The zero-order chi connectivity index (χ0) is 17.4. The number of alkyl halides is 3. The van der Waals surface area contributed by atoms with Crippen molar-refractivity contribution in [2.75, 3.05) is 31.1 Å². The molecule has 0 atom stereocenters. The fraction of sp³-hybridized carbons (Fsp3) is 0.263. The standard InChI is InChI=1S/C19H18F3N3/c20-19(21,22)14-7-4-8-15-17(14)16(13-5-2-1-3-6-13)18(24-15)25-11-9-23-10-12-25/h1-8,23-24H,9-12H2. The van der Waals surface area contributed by atoms with Crippen molar-refractivity contribution in [1.29, 1.82) is 0 Å². The monoisotopic (exact) mass is 345 g/mol. The van der Waals surface area contributed by atoms with Crippen LogP contribution >= 0.6 is 0 Å². The summed E-state index contributed by atoms with van der Waals surface area (Å²) in [5.41, 5.74) is 1.34. The zero-order valence-corrected chi connectivity index (χ0v) is 13.5. The molecule has 3 aromatic rings. The largest absolute Gasteiger partial charge is 0.417 e. The number of hydrogen-bond donors (Lipinski definition) is 2. The predicted molar refractivity (Wildman–Crippen MR) is 93.8 cm³/mol. The van der Waals surface area contributed by atoms with Crippen molar-refractivity contribution in [3.05, 3.63) is 54.1 Å². The fourth-order valence-corrected chi connectivity index (χ4v) is 3.48. The van der Waals surface area contributed by atoms with E-state index < -0.39 is 11.7 Å². The van der Waals surface area contributed by atoms with E-state index in [0.717, 1.165) is 43.6 Å². The van der Waals surface area contributed by atoms with Crippen molar-refractivity contribution in [2.45, 2.75) is 6.18 Å². The fourth-order valence-electron chi connectivity index (χ4n) is 3.48. The number of piperazine rings is 1. The molecule has 4 rings (SSSR count). The van der Waals surface area contributed by atoms with Crippen LogP contribution in [0.4, 0.5) is 19.0 Å². The van der Waals surface area contributed by atoms with Crippen LogP contribution in [-0.4, -0.2) is 31.2 Å². The third kappa shape index (κ3) is 2.87. The van der Waals surface area contributed by atoms with Gasteiger partial charge in [0.05, 0.1) is 5.56 Å². The minimum Gasteiger partial charge on any atom is -0.355 e. The molecule has 1 aliphatic rings. The lowest BCUT2D eigenvalue weighted by Gasteiger charge is -2.29. The molecule has 1 saturated heterocycles. The van der Waals surface area contributed by atoms with E-state index in [2.05, 4.69) is 15.2 Å². The maximum Gasteiger partial charge on any atom is 0.417 e. The Bertz CT molecular complexity index is 878. The Morgan fingerprint density at radius 2 is 1.60 bits per heavy atom. The molecule has 2 aromatic carbocycles. The van der Waals surface area contributed by atoms with Gasteiger partial charge in [0, 0.05) is 42.6 Å². The van der Waals surface area contributed by atoms with Crippen LogP contribution in [0, 0.1) is 0 Å². The number of aromatic amines is 1. The maximum absolute atomic E-state index is 13.6. The van der Waals surface area contributed by atoms with Crippen molar-refractivity contribution < 1.29 is 13.2 Å². The van der Waals surface area contributed by atoms with Crippen LogP contribution in [0.5, 0.6) is 0 Å². The summed E-state index contributed by atoms with van der Waals surface area (Å²) in [7, 11) is 0. The highest BCUT2D eigenvalue weighted by atomic mass is 19.4. The predicted octanol–water partition coefficient (Wildman–Crippen LogP) is 4.26. The number of rotatable bonds is 2. The topological polar surface area (TPSA) is 31.1 Å². The summed E-state index contributed by atoms with van der Waals surface area (Å²) in [6, 6.07) is 13.6. The summed E-state index contributed by atoms with van der Waals surface area (Å²) in [4.78, 5) is 5.37. The first-order valence-electron chi connectivity index (χ1n) is 8.28. The van der Waals surface area contributed by atoms with Gasteiger partial charge in [0.2, 0.25) is 0 Å². The maximum atomic E-state index is 13.6. The molecule has 0 aliphatic carbocycles. The Morgan fingerprint density at radius 1 is 0.880 bits per heavy atom. The van der Waals surface area contributed by atoms with Gasteiger partial charge in [-0.3, -0.25) is 0 Å². The molecule has 0 bridgehead atoms. The number of hydrogen-bond acceptors (Lipinski definition) is 2. The Balaban J connectivity index is 2.02. The molecule has 0 saturated carbocycles. The van der Waals surface area contributed by atoms with Crippen molar-refractivity contribution in [2.24, 2.45) is 0 Å². The second-order valence-corrected chi connectivity index (χ2v) is 6.18. The highest BCUT2D eigenvalue weighted by molar-refractivity contribution is 6.04. The van der Waals surface area contributed by atoms with Gasteiger partial charge in [0.25, 0.3) is 0 Å². The van der Waals surface area contributed by atoms with Crippen LogP contribution in [0.1, 0.15) is 5.56 Å². The number of H-pyrrole nitrogens is 1. The van der Waals surface area contributed by atoms with Gasteiger partial charge in [0.1, 0.15) is 5.82 Å². The molecule has 2 heterocycles. The Kier molecular flexibility index (Phi) is 3.92. The van der Waals surface area contributed by atoms with Crippen LogP contribution in [0.15, 0.2) is 48.5 Å². The van der Waals surface area contributed by atoms with E-state index in [1.54, 1.807) is 6.07 Å². The average Bonchev–Trinajstić information content (AvgIpc) is 3.02. The quantitative estimate of drug-likeness (QED) is 0.727. The number of anilines is 1. The molecule has 2 N–H and O–H groups in total. The number of halogens is 3. The van der Waals surface area contributed by atoms with E-state index in [-0.39, 0.29) is 5.39 Å². The number of nitrogens with one attached hydrogen (secondary N) is 2. The van der Waals surface area contributed by atoms with Crippen molar-refractivity contribution in [3.63, 3.8) is 0 Å². The van der Waals surface area contributed by atoms with E-state index in [9.17, 15) is 13.2 Å². The Labute approximate surface area is 143 Å². The normalized spacial score (nSPS) is 15.7. The van der Waals surface area contributed by atoms with Crippen LogP contribution in [0.3, 0.4) is 0 Å². The second-order valence-electron chi connectivity index (χ2n) is 6.18. The molecule has 25 heavy (non-hydrogen) atoms. The first-order chi connectivity index (χ1) is 12.1. The van der Waals surface area contributed by atoms with E-state index in [1.807, 2.05) is 30.3 Å². The number of nitrogens with zero attached hydrogens (tertiary/aromatic N) is 1. The molecule has 0 spiro atoms. The van der Waals surface area contributed by atoms with Gasteiger partial charge in [-0.15, -0.1) is 0 Å². The Morgan fingerprint density at radius 3 is 2.28 bits per heavy atom. The van der Waals surface area contributed by atoms with Gasteiger partial charge in [-0.1, -0.05) is 36.4 Å². The summed E-state index contributed by atoms with van der Waals surface area (Å²) in [6.45, 7) is 3.15. The minimum absolute atomic E-state index is 0.245. The van der Waals surface area contributed by atoms with Crippen molar-refractivity contribution in [1.82, 2.24) is 10.3 Å². The molecule has 0 unspecified atom stereocenters. The summed E-state index contributed by atoms with van der Waals surface area (Å²) < 4.78 is 40.9. The van der Waals surface area contributed by atoms with Gasteiger partial charge in [-0.05, 0) is 17.7 Å². The van der Waals surface area contributed by atoms with Gasteiger partial charge in [0.15, 0.2) is 0 Å². The van der Waals surface area contributed by atoms with Gasteiger partial charge in [-0.2, -0.15) is 13.2 Å². The SMILES string of the molecule is FC(F)(F)c1cccc2[nH]c(N3CCNCC3)c(-c3ccccc3)c12. The number of fused-ring (bicyclic) bond motifs is 1. The van der Waals surface area contributed by atoms with Gasteiger partial charge >= 0.3 is 6.18 Å². The number of aromatic nitrogens is 1. The van der Waals surface area contributed by atoms with Crippen molar-refractivity contribution >= 4 is 16.7 Å². The number of benzene rings is 2. The smallest absolute Gasteiger partial charge is 0.355 e. The molecular formula is C19H18F3N3. The van der Waals surface area contributed by atoms with Crippen molar-refractivity contribution in [3.8, 4) is 11.1 Å². The van der Waals surface area contributed by atoms with Gasteiger partial charge in [-0.25, -0.2) is 0 Å². The zero-order valence-electron chi connectivity index (χ0n) is 13.5. The van der Waals surface area contributed by atoms with E-state index in [4.69, 9.17) is 0 Å². The highest BCUT2D eigenvalue weighted by Gasteiger charge is 2.35. The van der Waals surface area contributed by atoms with Crippen LogP contribution in [0.2, 0.25) is 0 Å². The lowest BCUT2D eigenvalue weighted by atomic mass is 9.99. The molecule has 3 nitrogen and oxygen atoms in total. The summed E-state index contributed by atoms with van der Waals surface area (Å²) in [6.07, 6.45) is -4.40. The molecule has 1 aliphatic heterocycles. The molecule has 130 valence electrons. The van der Waals surface area contributed by atoms with E-state index >= 15 is 0 Å². The average molecular weight is 345 g/mol. The molecule has 1 fully saturated rings. The van der Waals surface area contributed by atoms with E-state index in [1.165, 1.54) is 6.07 Å². The lowest BCUT2D eigenvalue weighted by Crippen LogP contribution is -2.43. The third-order valence-corrected chi connectivity index (χ3v) is 4.61. The second kappa shape index (κ2) is 6.11. The molecule has 0 amide bonds. The summed E-state index contributed by atoms with van der Waals surface area (Å²) in [5.74, 6) is 0.763. The molecule has 6 heteroatoms. The Hall–Kier alpha value is -2.47.